The van der Waals surface area contributed by atoms with Crippen molar-refractivity contribution in [2.24, 2.45) is 0 Å². The number of amides is 1. The molecule has 0 spiro atoms. The third kappa shape index (κ3) is 4.15. The van der Waals surface area contributed by atoms with Gasteiger partial charge in [0.25, 0.3) is 0 Å². The molecule has 0 fully saturated rings. The fourth-order valence-corrected chi connectivity index (χ4v) is 2.98. The summed E-state index contributed by atoms with van der Waals surface area (Å²) < 4.78 is 37.5. The van der Waals surface area contributed by atoms with E-state index in [-0.39, 0.29) is 6.42 Å². The predicted octanol–water partition coefficient (Wildman–Crippen LogP) is 3.30. The van der Waals surface area contributed by atoms with E-state index in [1.54, 1.807) is 56.5 Å². The van der Waals surface area contributed by atoms with Crippen molar-refractivity contribution in [2.45, 2.75) is 32.0 Å². The largest absolute Gasteiger partial charge is 0.405 e. The fraction of sp³-hybridized carbons (Fsp3) is 0.368. The second-order valence-corrected chi connectivity index (χ2v) is 6.82. The Kier molecular flexibility index (Phi) is 5.45. The van der Waals surface area contributed by atoms with E-state index in [1.807, 2.05) is 11.4 Å². The number of aromatic nitrogens is 4. The molecule has 0 saturated heterocycles. The molecule has 1 atom stereocenters. The van der Waals surface area contributed by atoms with Crippen LogP contribution in [0.4, 0.5) is 19.0 Å². The molecule has 154 valence electrons. The molecule has 0 aliphatic heterocycles. The second kappa shape index (κ2) is 7.69. The number of likely N-dealkylation sites (N-methyl/N-ethyl adjacent to an activating group) is 1. The highest BCUT2D eigenvalue weighted by Gasteiger charge is 2.39. The van der Waals surface area contributed by atoms with Crippen LogP contribution in [0.1, 0.15) is 20.3 Å². The monoisotopic (exact) mass is 406 g/mol. The van der Waals surface area contributed by atoms with Crippen molar-refractivity contribution in [3.05, 3.63) is 36.8 Å². The van der Waals surface area contributed by atoms with E-state index in [1.165, 1.54) is 0 Å². The summed E-state index contributed by atoms with van der Waals surface area (Å²) in [7, 11) is 1.62. The molecule has 3 aromatic rings. The summed E-state index contributed by atoms with van der Waals surface area (Å²) in [6.45, 7) is 1.93. The van der Waals surface area contributed by atoms with E-state index in [2.05, 4.69) is 19.9 Å². The first-order chi connectivity index (χ1) is 13.7. The number of aromatic amines is 1. The molecule has 0 aromatic carbocycles. The zero-order chi connectivity index (χ0) is 21.2. The van der Waals surface area contributed by atoms with Crippen LogP contribution < -0.4 is 10.2 Å². The molecule has 10 heteroatoms. The highest BCUT2D eigenvalue weighted by Crippen LogP contribution is 2.29. The number of nitrogens with zero attached hydrogens (tertiary/aromatic N) is 4. The van der Waals surface area contributed by atoms with E-state index in [0.717, 1.165) is 10.9 Å². The summed E-state index contributed by atoms with van der Waals surface area (Å²) in [5.74, 6) is 0.110. The Morgan fingerprint density at radius 2 is 2.00 bits per heavy atom. The molecule has 0 aliphatic carbocycles. The summed E-state index contributed by atoms with van der Waals surface area (Å²) >= 11 is 0. The van der Waals surface area contributed by atoms with Crippen LogP contribution in [0.3, 0.4) is 0 Å². The van der Waals surface area contributed by atoms with Crippen LogP contribution in [-0.4, -0.2) is 51.2 Å². The third-order valence-corrected chi connectivity index (χ3v) is 5.04. The Balaban J connectivity index is 1.91. The first-order valence-electron chi connectivity index (χ1n) is 9.00. The van der Waals surface area contributed by atoms with Crippen LogP contribution >= 0.6 is 0 Å². The van der Waals surface area contributed by atoms with Gasteiger partial charge in [-0.05, 0) is 31.5 Å². The average Bonchev–Trinajstić information content (AvgIpc) is 3.14. The van der Waals surface area contributed by atoms with E-state index in [0.29, 0.717) is 17.3 Å². The Morgan fingerprint density at radius 1 is 1.24 bits per heavy atom. The third-order valence-electron chi connectivity index (χ3n) is 5.04. The van der Waals surface area contributed by atoms with E-state index in [4.69, 9.17) is 0 Å². The number of halogens is 3. The van der Waals surface area contributed by atoms with Crippen molar-refractivity contribution in [3.63, 3.8) is 0 Å². The lowest BCUT2D eigenvalue weighted by molar-refractivity contribution is -0.141. The Labute approximate surface area is 165 Å². The number of hydrogen-bond acceptors (Lipinski definition) is 5. The normalized spacial score (nSPS) is 13.9. The molecule has 1 amide bonds. The molecule has 3 aromatic heterocycles. The maximum atomic E-state index is 12.5. The smallest absolute Gasteiger partial charge is 0.345 e. The standard InChI is InChI=1S/C19H21F3N6O/c1-4-18(2,17(29)26-11-19(20,21)22)28(3)14-7-9-24-16(27-14)13-10-25-15-12(13)6-5-8-23-15/h5-10H,4,11H2,1-3H3,(H,23,25)(H,26,29)/t18-/m1/s1. The van der Waals surface area contributed by atoms with Gasteiger partial charge in [-0.1, -0.05) is 6.92 Å². The zero-order valence-corrected chi connectivity index (χ0v) is 16.2. The molecule has 3 heterocycles. The molecule has 0 unspecified atom stereocenters. The first-order valence-corrected chi connectivity index (χ1v) is 9.00. The van der Waals surface area contributed by atoms with Gasteiger partial charge in [-0.25, -0.2) is 15.0 Å². The molecule has 29 heavy (non-hydrogen) atoms. The van der Waals surface area contributed by atoms with Gasteiger partial charge in [0.2, 0.25) is 5.91 Å². The summed E-state index contributed by atoms with van der Waals surface area (Å²) in [5.41, 5.74) is 0.205. The van der Waals surface area contributed by atoms with Crippen molar-refractivity contribution in [2.75, 3.05) is 18.5 Å². The Bertz CT molecular complexity index is 1020. The van der Waals surface area contributed by atoms with Crippen molar-refractivity contribution >= 4 is 22.8 Å². The molecule has 0 saturated carbocycles. The summed E-state index contributed by atoms with van der Waals surface area (Å²) in [6.07, 6.45) is 0.761. The number of rotatable bonds is 6. The molecule has 2 N–H and O–H groups in total. The summed E-state index contributed by atoms with van der Waals surface area (Å²) in [5, 5.41) is 2.81. The number of carbonyl (C=O) groups is 1. The van der Waals surface area contributed by atoms with Gasteiger partial charge in [0, 0.05) is 36.6 Å². The topological polar surface area (TPSA) is 86.8 Å². The van der Waals surface area contributed by atoms with Crippen LogP contribution in [0.25, 0.3) is 22.4 Å². The quantitative estimate of drug-likeness (QED) is 0.656. The van der Waals surface area contributed by atoms with Crippen LogP contribution in [0.15, 0.2) is 36.8 Å². The lowest BCUT2D eigenvalue weighted by atomic mass is 9.95. The summed E-state index contributed by atoms with van der Waals surface area (Å²) in [4.78, 5) is 30.2. The van der Waals surface area contributed by atoms with Gasteiger partial charge in [-0.15, -0.1) is 0 Å². The maximum Gasteiger partial charge on any atom is 0.405 e. The number of hydrogen-bond donors (Lipinski definition) is 2. The minimum absolute atomic E-state index is 0.281. The second-order valence-electron chi connectivity index (χ2n) is 6.82. The number of H-pyrrole nitrogens is 1. The van der Waals surface area contributed by atoms with E-state index >= 15 is 0 Å². The number of pyridine rings is 1. The predicted molar refractivity (Wildman–Crippen MR) is 103 cm³/mol. The van der Waals surface area contributed by atoms with Crippen LogP contribution in [0.2, 0.25) is 0 Å². The minimum Gasteiger partial charge on any atom is -0.345 e. The molecule has 3 rings (SSSR count). The lowest BCUT2D eigenvalue weighted by Crippen LogP contribution is -2.56. The van der Waals surface area contributed by atoms with E-state index in [9.17, 15) is 18.0 Å². The fourth-order valence-electron chi connectivity index (χ4n) is 2.98. The molecule has 0 radical (unpaired) electrons. The molecular weight excluding hydrogens is 385 g/mol. The Hall–Kier alpha value is -3.17. The van der Waals surface area contributed by atoms with Gasteiger partial charge in [-0.3, -0.25) is 4.79 Å². The molecule has 7 nitrogen and oxygen atoms in total. The van der Waals surface area contributed by atoms with Gasteiger partial charge in [0.15, 0.2) is 5.82 Å². The number of alkyl halides is 3. The van der Waals surface area contributed by atoms with E-state index < -0.39 is 24.2 Å². The molecule has 0 aliphatic rings. The van der Waals surface area contributed by atoms with Gasteiger partial charge in [0.05, 0.1) is 0 Å². The van der Waals surface area contributed by atoms with Crippen molar-refractivity contribution < 1.29 is 18.0 Å². The average molecular weight is 406 g/mol. The van der Waals surface area contributed by atoms with Gasteiger partial charge in [-0.2, -0.15) is 13.2 Å². The van der Waals surface area contributed by atoms with Crippen LogP contribution in [-0.2, 0) is 4.79 Å². The highest BCUT2D eigenvalue weighted by molar-refractivity contribution is 5.92. The summed E-state index contributed by atoms with van der Waals surface area (Å²) in [6, 6.07) is 5.30. The first kappa shape index (κ1) is 20.6. The van der Waals surface area contributed by atoms with Crippen LogP contribution in [0.5, 0.6) is 0 Å². The zero-order valence-electron chi connectivity index (χ0n) is 16.2. The SMILES string of the molecule is CC[C@](C)(C(=O)NCC(F)(F)F)N(C)c1ccnc(-c2c[nH]c3ncccc23)n1. The minimum atomic E-state index is -4.48. The Morgan fingerprint density at radius 3 is 2.69 bits per heavy atom. The van der Waals surface area contributed by atoms with Crippen molar-refractivity contribution in [1.29, 1.82) is 0 Å². The number of carbonyl (C=O) groups excluding carboxylic acids is 1. The maximum absolute atomic E-state index is 12.5. The number of nitrogens with one attached hydrogen (secondary N) is 2. The molecular formula is C19H21F3N6O. The molecule has 0 bridgehead atoms. The highest BCUT2D eigenvalue weighted by atomic mass is 19.4. The lowest BCUT2D eigenvalue weighted by Gasteiger charge is -2.37. The van der Waals surface area contributed by atoms with Gasteiger partial charge < -0.3 is 15.2 Å². The number of fused-ring (bicyclic) bond motifs is 1. The number of anilines is 1. The van der Waals surface area contributed by atoms with Gasteiger partial charge >= 0.3 is 6.18 Å². The van der Waals surface area contributed by atoms with Crippen molar-refractivity contribution in [1.82, 2.24) is 25.3 Å². The van der Waals surface area contributed by atoms with Crippen molar-refractivity contribution in [3.8, 4) is 11.4 Å². The van der Waals surface area contributed by atoms with Crippen LogP contribution in [0, 0.1) is 0 Å². The van der Waals surface area contributed by atoms with Gasteiger partial charge in [0.1, 0.15) is 23.5 Å².